The molecule has 0 saturated carbocycles. The standard InChI is InChI=1S/C22H20N2O/c1-14-10-15(2)12-16(11-14)13-24-19-8-4-3-6-17(19)21-18(22(23)25)7-5-9-20(21)24/h3-12H,13H2,1-2H3,(H2,23,25). The molecule has 3 nitrogen and oxygen atoms in total. The van der Waals surface area contributed by atoms with Crippen LogP contribution in [0.4, 0.5) is 0 Å². The zero-order valence-corrected chi connectivity index (χ0v) is 14.4. The number of para-hydroxylation sites is 1. The molecule has 1 aromatic heterocycles. The summed E-state index contributed by atoms with van der Waals surface area (Å²) in [4.78, 5) is 11.9. The quantitative estimate of drug-likeness (QED) is 0.589. The van der Waals surface area contributed by atoms with Gasteiger partial charge in [0, 0.05) is 28.4 Å². The second kappa shape index (κ2) is 5.78. The first-order chi connectivity index (χ1) is 12.0. The number of rotatable bonds is 3. The van der Waals surface area contributed by atoms with Crippen molar-refractivity contribution in [3.8, 4) is 0 Å². The van der Waals surface area contributed by atoms with E-state index in [1.807, 2.05) is 18.2 Å². The van der Waals surface area contributed by atoms with E-state index in [-0.39, 0.29) is 5.91 Å². The fraction of sp³-hybridized carbons (Fsp3) is 0.136. The van der Waals surface area contributed by atoms with Crippen LogP contribution in [-0.2, 0) is 6.54 Å². The zero-order valence-electron chi connectivity index (χ0n) is 14.4. The van der Waals surface area contributed by atoms with Gasteiger partial charge in [0.2, 0.25) is 5.91 Å². The zero-order chi connectivity index (χ0) is 17.6. The Bertz CT molecular complexity index is 1100. The molecule has 3 heteroatoms. The van der Waals surface area contributed by atoms with Crippen molar-refractivity contribution >= 4 is 27.7 Å². The third-order valence-electron chi connectivity index (χ3n) is 4.69. The van der Waals surface area contributed by atoms with Crippen molar-refractivity contribution < 1.29 is 4.79 Å². The Morgan fingerprint density at radius 3 is 2.32 bits per heavy atom. The number of hydrogen-bond donors (Lipinski definition) is 1. The molecule has 1 heterocycles. The number of nitrogens with zero attached hydrogens (tertiary/aromatic N) is 1. The molecule has 0 atom stereocenters. The smallest absolute Gasteiger partial charge is 0.249 e. The molecule has 0 saturated heterocycles. The highest BCUT2D eigenvalue weighted by Crippen LogP contribution is 2.32. The summed E-state index contributed by atoms with van der Waals surface area (Å²) >= 11 is 0. The van der Waals surface area contributed by atoms with E-state index in [4.69, 9.17) is 5.73 Å². The Hall–Kier alpha value is -3.07. The Kier molecular flexibility index (Phi) is 3.57. The topological polar surface area (TPSA) is 48.0 Å². The average molecular weight is 328 g/mol. The number of aryl methyl sites for hydroxylation is 2. The first-order valence-electron chi connectivity index (χ1n) is 8.41. The molecule has 2 N–H and O–H groups in total. The van der Waals surface area contributed by atoms with Gasteiger partial charge in [-0.3, -0.25) is 4.79 Å². The van der Waals surface area contributed by atoms with Crippen molar-refractivity contribution in [2.45, 2.75) is 20.4 Å². The lowest BCUT2D eigenvalue weighted by Gasteiger charge is -2.10. The maximum Gasteiger partial charge on any atom is 0.249 e. The number of carbonyl (C=O) groups is 1. The van der Waals surface area contributed by atoms with Crippen LogP contribution < -0.4 is 5.73 Å². The van der Waals surface area contributed by atoms with E-state index in [2.05, 4.69) is 54.8 Å². The summed E-state index contributed by atoms with van der Waals surface area (Å²) in [6.07, 6.45) is 0. The van der Waals surface area contributed by atoms with E-state index >= 15 is 0 Å². The van der Waals surface area contributed by atoms with Gasteiger partial charge in [-0.1, -0.05) is 53.6 Å². The van der Waals surface area contributed by atoms with Gasteiger partial charge < -0.3 is 10.3 Å². The maximum absolute atomic E-state index is 11.9. The number of aromatic nitrogens is 1. The van der Waals surface area contributed by atoms with E-state index < -0.39 is 0 Å². The minimum Gasteiger partial charge on any atom is -0.366 e. The average Bonchev–Trinajstić information content (AvgIpc) is 2.88. The molecule has 0 aliphatic heterocycles. The molecule has 0 bridgehead atoms. The monoisotopic (exact) mass is 328 g/mol. The summed E-state index contributed by atoms with van der Waals surface area (Å²) in [5.41, 5.74) is 12.1. The summed E-state index contributed by atoms with van der Waals surface area (Å²) in [5, 5.41) is 2.01. The largest absolute Gasteiger partial charge is 0.366 e. The van der Waals surface area contributed by atoms with E-state index in [9.17, 15) is 4.79 Å². The Morgan fingerprint density at radius 1 is 0.920 bits per heavy atom. The summed E-state index contributed by atoms with van der Waals surface area (Å²) in [6.45, 7) is 5.00. The number of fused-ring (bicyclic) bond motifs is 3. The van der Waals surface area contributed by atoms with Crippen LogP contribution >= 0.6 is 0 Å². The van der Waals surface area contributed by atoms with Crippen LogP contribution in [0.2, 0.25) is 0 Å². The van der Waals surface area contributed by atoms with Gasteiger partial charge in [0.1, 0.15) is 0 Å². The van der Waals surface area contributed by atoms with Gasteiger partial charge in [-0.15, -0.1) is 0 Å². The Balaban J connectivity index is 2.02. The van der Waals surface area contributed by atoms with Crippen LogP contribution in [-0.4, -0.2) is 10.5 Å². The molecule has 3 aromatic carbocycles. The number of benzene rings is 3. The number of hydrogen-bond acceptors (Lipinski definition) is 1. The molecule has 0 radical (unpaired) electrons. The predicted molar refractivity (Wildman–Crippen MR) is 103 cm³/mol. The third-order valence-corrected chi connectivity index (χ3v) is 4.69. The molecule has 1 amide bonds. The van der Waals surface area contributed by atoms with Crippen molar-refractivity contribution in [3.05, 3.63) is 82.9 Å². The molecule has 0 aliphatic carbocycles. The molecule has 0 fully saturated rings. The molecule has 0 spiro atoms. The van der Waals surface area contributed by atoms with Gasteiger partial charge in [0.05, 0.1) is 5.52 Å². The van der Waals surface area contributed by atoms with E-state index in [0.717, 1.165) is 28.4 Å². The van der Waals surface area contributed by atoms with Crippen LogP contribution in [0, 0.1) is 13.8 Å². The second-order valence-electron chi connectivity index (χ2n) is 6.66. The molecular weight excluding hydrogens is 308 g/mol. The molecule has 4 aromatic rings. The van der Waals surface area contributed by atoms with Crippen LogP contribution in [0.15, 0.2) is 60.7 Å². The molecule has 25 heavy (non-hydrogen) atoms. The van der Waals surface area contributed by atoms with E-state index in [1.165, 1.54) is 16.7 Å². The highest BCUT2D eigenvalue weighted by molar-refractivity contribution is 6.17. The fourth-order valence-electron chi connectivity index (χ4n) is 3.82. The van der Waals surface area contributed by atoms with Crippen molar-refractivity contribution in [2.75, 3.05) is 0 Å². The van der Waals surface area contributed by atoms with Gasteiger partial charge in [-0.2, -0.15) is 0 Å². The van der Waals surface area contributed by atoms with Crippen molar-refractivity contribution in [1.82, 2.24) is 4.57 Å². The number of nitrogens with two attached hydrogens (primary N) is 1. The van der Waals surface area contributed by atoms with Crippen molar-refractivity contribution in [2.24, 2.45) is 5.73 Å². The molecular formula is C22H20N2O. The predicted octanol–water partition coefficient (Wildman–Crippen LogP) is 4.56. The van der Waals surface area contributed by atoms with E-state index in [0.29, 0.717) is 5.56 Å². The van der Waals surface area contributed by atoms with Gasteiger partial charge in [-0.05, 0) is 37.6 Å². The molecule has 4 rings (SSSR count). The van der Waals surface area contributed by atoms with Crippen LogP contribution in [0.3, 0.4) is 0 Å². The minimum atomic E-state index is -0.389. The van der Waals surface area contributed by atoms with Crippen LogP contribution in [0.25, 0.3) is 21.8 Å². The first-order valence-corrected chi connectivity index (χ1v) is 8.41. The highest BCUT2D eigenvalue weighted by atomic mass is 16.1. The van der Waals surface area contributed by atoms with Crippen molar-refractivity contribution in [1.29, 1.82) is 0 Å². The van der Waals surface area contributed by atoms with Gasteiger partial charge >= 0.3 is 0 Å². The minimum absolute atomic E-state index is 0.389. The summed E-state index contributed by atoms with van der Waals surface area (Å²) in [5.74, 6) is -0.389. The molecule has 0 aliphatic rings. The number of amides is 1. The third kappa shape index (κ3) is 2.58. The van der Waals surface area contributed by atoms with Crippen molar-refractivity contribution in [3.63, 3.8) is 0 Å². The maximum atomic E-state index is 11.9. The van der Waals surface area contributed by atoms with E-state index in [1.54, 1.807) is 6.07 Å². The summed E-state index contributed by atoms with van der Waals surface area (Å²) in [7, 11) is 0. The molecule has 0 unspecified atom stereocenters. The van der Waals surface area contributed by atoms with Gasteiger partial charge in [-0.25, -0.2) is 0 Å². The number of carbonyl (C=O) groups excluding carboxylic acids is 1. The van der Waals surface area contributed by atoms with Crippen LogP contribution in [0.5, 0.6) is 0 Å². The normalized spacial score (nSPS) is 11.3. The lowest BCUT2D eigenvalue weighted by atomic mass is 10.1. The van der Waals surface area contributed by atoms with Gasteiger partial charge in [0.25, 0.3) is 0 Å². The summed E-state index contributed by atoms with van der Waals surface area (Å²) < 4.78 is 2.27. The Morgan fingerprint density at radius 2 is 1.60 bits per heavy atom. The fourth-order valence-corrected chi connectivity index (χ4v) is 3.82. The second-order valence-corrected chi connectivity index (χ2v) is 6.66. The van der Waals surface area contributed by atoms with Crippen LogP contribution in [0.1, 0.15) is 27.0 Å². The number of primary amides is 1. The lowest BCUT2D eigenvalue weighted by molar-refractivity contribution is 0.100. The van der Waals surface area contributed by atoms with Gasteiger partial charge in [0.15, 0.2) is 0 Å². The first kappa shape index (κ1) is 15.5. The molecule has 124 valence electrons. The summed E-state index contributed by atoms with van der Waals surface area (Å²) in [6, 6.07) is 20.6. The SMILES string of the molecule is Cc1cc(C)cc(Cn2c3ccccc3c3c(C(N)=O)cccc32)c1. The Labute approximate surface area is 146 Å². The highest BCUT2D eigenvalue weighted by Gasteiger charge is 2.16. The lowest BCUT2D eigenvalue weighted by Crippen LogP contribution is -2.11.